The number of hydrogen-bond donors (Lipinski definition) is 1. The van der Waals surface area contributed by atoms with Crippen LogP contribution in [0.2, 0.25) is 0 Å². The lowest BCUT2D eigenvalue weighted by atomic mass is 9.96. The Morgan fingerprint density at radius 2 is 1.62 bits per heavy atom. The number of carbonyl (C=O) groups excluding carboxylic acids is 1. The van der Waals surface area contributed by atoms with Crippen molar-refractivity contribution in [1.29, 1.82) is 0 Å². The maximum absolute atomic E-state index is 12.7. The topological polar surface area (TPSA) is 71.0 Å². The molecule has 7 heteroatoms. The van der Waals surface area contributed by atoms with Gasteiger partial charge in [0.2, 0.25) is 5.91 Å². The first-order valence-electron chi connectivity index (χ1n) is 11.7. The molecule has 0 unspecified atom stereocenters. The summed E-state index contributed by atoms with van der Waals surface area (Å²) in [5, 5.41) is 15.0. The molecule has 1 N–H and O–H groups in total. The van der Waals surface area contributed by atoms with Crippen LogP contribution >= 0.6 is 11.3 Å². The quantitative estimate of drug-likeness (QED) is 0.419. The largest absolute Gasteiger partial charge is 0.355 e. The zero-order chi connectivity index (χ0) is 23.2. The summed E-state index contributed by atoms with van der Waals surface area (Å²) in [6, 6.07) is 24.3. The average Bonchev–Trinajstić information content (AvgIpc) is 3.39. The summed E-state index contributed by atoms with van der Waals surface area (Å²) in [4.78, 5) is 19.6. The van der Waals surface area contributed by atoms with Crippen molar-refractivity contribution in [1.82, 2.24) is 20.5 Å². The lowest BCUT2D eigenvalue weighted by Crippen LogP contribution is -2.41. The van der Waals surface area contributed by atoms with Gasteiger partial charge in [0.15, 0.2) is 5.82 Å². The van der Waals surface area contributed by atoms with Gasteiger partial charge in [-0.15, -0.1) is 21.5 Å². The van der Waals surface area contributed by atoms with E-state index in [0.717, 1.165) is 65.7 Å². The van der Waals surface area contributed by atoms with E-state index in [1.807, 2.05) is 60.7 Å². The Balaban J connectivity index is 1.07. The Labute approximate surface area is 203 Å². The highest BCUT2D eigenvalue weighted by molar-refractivity contribution is 7.13. The third kappa shape index (κ3) is 5.31. The zero-order valence-electron chi connectivity index (χ0n) is 18.9. The molecule has 0 saturated carbocycles. The van der Waals surface area contributed by atoms with Crippen molar-refractivity contribution >= 4 is 23.1 Å². The predicted molar refractivity (Wildman–Crippen MR) is 137 cm³/mol. The van der Waals surface area contributed by atoms with Crippen molar-refractivity contribution < 1.29 is 4.79 Å². The van der Waals surface area contributed by atoms with Crippen LogP contribution < -0.4 is 10.2 Å². The Kier molecular flexibility index (Phi) is 6.91. The molecule has 1 amide bonds. The fraction of sp³-hybridized carbons (Fsp3) is 0.259. The normalized spacial score (nSPS) is 14.2. The standard InChI is InChI=1S/C27H27N5OS/c33-26(28-16-13-23-19-34-27(29-23)22-9-5-2-6-10-22)21-14-17-32(18-15-21)25-12-11-24(30-31-25)20-7-3-1-4-8-20/h1-12,19,21H,13-18H2,(H,28,33). The summed E-state index contributed by atoms with van der Waals surface area (Å²) in [5.41, 5.74) is 4.09. The number of amides is 1. The van der Waals surface area contributed by atoms with Crippen LogP contribution in [0.25, 0.3) is 21.8 Å². The monoisotopic (exact) mass is 469 g/mol. The first kappa shape index (κ1) is 22.2. The lowest BCUT2D eigenvalue weighted by Gasteiger charge is -2.31. The number of carbonyl (C=O) groups is 1. The van der Waals surface area contributed by atoms with E-state index in [9.17, 15) is 4.79 Å². The van der Waals surface area contributed by atoms with E-state index < -0.39 is 0 Å². The summed E-state index contributed by atoms with van der Waals surface area (Å²) >= 11 is 1.65. The van der Waals surface area contributed by atoms with E-state index in [-0.39, 0.29) is 11.8 Å². The molecule has 0 radical (unpaired) electrons. The van der Waals surface area contributed by atoms with E-state index in [1.54, 1.807) is 11.3 Å². The van der Waals surface area contributed by atoms with Gasteiger partial charge in [-0.05, 0) is 25.0 Å². The van der Waals surface area contributed by atoms with Gasteiger partial charge in [-0.1, -0.05) is 60.7 Å². The third-order valence-electron chi connectivity index (χ3n) is 6.16. The van der Waals surface area contributed by atoms with Gasteiger partial charge in [0.1, 0.15) is 5.01 Å². The molecule has 5 rings (SSSR count). The van der Waals surface area contributed by atoms with E-state index in [4.69, 9.17) is 4.98 Å². The van der Waals surface area contributed by atoms with Gasteiger partial charge in [-0.3, -0.25) is 4.79 Å². The molecule has 172 valence electrons. The summed E-state index contributed by atoms with van der Waals surface area (Å²) in [6.07, 6.45) is 2.39. The fourth-order valence-corrected chi connectivity index (χ4v) is 5.08. The van der Waals surface area contributed by atoms with Crippen molar-refractivity contribution in [2.75, 3.05) is 24.5 Å². The fourth-order valence-electron chi connectivity index (χ4n) is 4.22. The van der Waals surface area contributed by atoms with Gasteiger partial charge < -0.3 is 10.2 Å². The highest BCUT2D eigenvalue weighted by Crippen LogP contribution is 2.25. The number of nitrogens with zero attached hydrogens (tertiary/aromatic N) is 4. The highest BCUT2D eigenvalue weighted by Gasteiger charge is 2.25. The van der Waals surface area contributed by atoms with Crippen LogP contribution in [0.5, 0.6) is 0 Å². The minimum absolute atomic E-state index is 0.0446. The van der Waals surface area contributed by atoms with Crippen LogP contribution in [0.3, 0.4) is 0 Å². The van der Waals surface area contributed by atoms with Crippen LogP contribution in [0.1, 0.15) is 18.5 Å². The molecule has 2 aromatic carbocycles. The number of hydrogen-bond acceptors (Lipinski definition) is 6. The smallest absolute Gasteiger partial charge is 0.223 e. The molecule has 34 heavy (non-hydrogen) atoms. The molecule has 1 saturated heterocycles. The molecular weight excluding hydrogens is 442 g/mol. The van der Waals surface area contributed by atoms with Crippen LogP contribution in [0, 0.1) is 5.92 Å². The van der Waals surface area contributed by atoms with Crippen LogP contribution in [0.4, 0.5) is 5.82 Å². The van der Waals surface area contributed by atoms with Crippen molar-refractivity contribution in [3.63, 3.8) is 0 Å². The average molecular weight is 470 g/mol. The molecule has 1 aliphatic rings. The Morgan fingerprint density at radius 3 is 2.29 bits per heavy atom. The SMILES string of the molecule is O=C(NCCc1csc(-c2ccccc2)n1)C1CCN(c2ccc(-c3ccccc3)nn2)CC1. The minimum atomic E-state index is 0.0446. The van der Waals surface area contributed by atoms with E-state index in [1.165, 1.54) is 0 Å². The second kappa shape index (κ2) is 10.6. The molecule has 1 fully saturated rings. The molecule has 2 aromatic heterocycles. The summed E-state index contributed by atoms with van der Waals surface area (Å²) < 4.78 is 0. The molecular formula is C27H27N5OS. The number of rotatable bonds is 7. The first-order chi connectivity index (χ1) is 16.8. The number of benzene rings is 2. The molecule has 4 aromatic rings. The highest BCUT2D eigenvalue weighted by atomic mass is 32.1. The maximum Gasteiger partial charge on any atom is 0.223 e. The van der Waals surface area contributed by atoms with Crippen LogP contribution in [-0.4, -0.2) is 40.7 Å². The van der Waals surface area contributed by atoms with Crippen LogP contribution in [-0.2, 0) is 11.2 Å². The Hall–Kier alpha value is -3.58. The zero-order valence-corrected chi connectivity index (χ0v) is 19.7. The number of nitrogens with one attached hydrogen (secondary N) is 1. The lowest BCUT2D eigenvalue weighted by molar-refractivity contribution is -0.125. The van der Waals surface area contributed by atoms with Gasteiger partial charge in [0, 0.05) is 48.5 Å². The van der Waals surface area contributed by atoms with E-state index in [0.29, 0.717) is 6.54 Å². The number of piperidine rings is 1. The van der Waals surface area contributed by atoms with Crippen molar-refractivity contribution in [2.45, 2.75) is 19.3 Å². The van der Waals surface area contributed by atoms with E-state index in [2.05, 4.69) is 37.9 Å². The molecule has 0 aliphatic carbocycles. The van der Waals surface area contributed by atoms with Crippen molar-refractivity contribution in [3.8, 4) is 21.8 Å². The second-order valence-corrected chi connectivity index (χ2v) is 9.31. The molecule has 0 atom stereocenters. The molecule has 0 spiro atoms. The minimum Gasteiger partial charge on any atom is -0.355 e. The van der Waals surface area contributed by atoms with E-state index >= 15 is 0 Å². The maximum atomic E-state index is 12.7. The number of aromatic nitrogens is 3. The van der Waals surface area contributed by atoms with Gasteiger partial charge in [0.05, 0.1) is 11.4 Å². The third-order valence-corrected chi connectivity index (χ3v) is 7.10. The molecule has 1 aliphatic heterocycles. The summed E-state index contributed by atoms with van der Waals surface area (Å²) in [6.45, 7) is 2.23. The molecule has 3 heterocycles. The van der Waals surface area contributed by atoms with Crippen molar-refractivity contribution in [3.05, 3.63) is 83.9 Å². The van der Waals surface area contributed by atoms with Crippen molar-refractivity contribution in [2.24, 2.45) is 5.92 Å². The molecule has 6 nitrogen and oxygen atoms in total. The number of anilines is 1. The Bertz CT molecular complexity index is 1200. The number of thiazole rings is 1. The summed E-state index contributed by atoms with van der Waals surface area (Å²) in [5.74, 6) is 1.06. The van der Waals surface area contributed by atoms with Gasteiger partial charge in [-0.25, -0.2) is 4.98 Å². The van der Waals surface area contributed by atoms with Crippen LogP contribution in [0.15, 0.2) is 78.2 Å². The summed E-state index contributed by atoms with van der Waals surface area (Å²) in [7, 11) is 0. The molecule has 0 bridgehead atoms. The predicted octanol–water partition coefficient (Wildman–Crippen LogP) is 4.84. The van der Waals surface area contributed by atoms with Gasteiger partial charge in [0.25, 0.3) is 0 Å². The first-order valence-corrected chi connectivity index (χ1v) is 12.6. The second-order valence-electron chi connectivity index (χ2n) is 8.46. The Morgan fingerprint density at radius 1 is 0.912 bits per heavy atom. The van der Waals surface area contributed by atoms with Gasteiger partial charge >= 0.3 is 0 Å². The van der Waals surface area contributed by atoms with Gasteiger partial charge in [-0.2, -0.15) is 0 Å².